The molecule has 0 aromatic heterocycles. The zero-order valence-corrected chi connectivity index (χ0v) is 25.3. The van der Waals surface area contributed by atoms with Gasteiger partial charge in [-0.15, -0.1) is 0 Å². The SMILES string of the molecule is CS(=O)(=O)N(CC(=O)N(Cc1ccccc1Cl)C(Cc1ccccc1)C(=O)NC1CCCCC1)c1ccccc1Cl. The molecule has 41 heavy (non-hydrogen) atoms. The maximum atomic E-state index is 14.2. The molecule has 1 saturated carbocycles. The number of hydrogen-bond donors (Lipinski definition) is 1. The Morgan fingerprint density at radius 1 is 0.878 bits per heavy atom. The molecule has 1 N–H and O–H groups in total. The lowest BCUT2D eigenvalue weighted by Gasteiger charge is -2.35. The number of halogens is 2. The summed E-state index contributed by atoms with van der Waals surface area (Å²) in [7, 11) is -3.90. The third-order valence-electron chi connectivity index (χ3n) is 7.32. The van der Waals surface area contributed by atoms with Crippen LogP contribution in [0.2, 0.25) is 10.0 Å². The number of para-hydroxylation sites is 1. The second kappa shape index (κ2) is 14.2. The van der Waals surface area contributed by atoms with E-state index < -0.39 is 28.5 Å². The molecule has 0 heterocycles. The molecule has 1 aliphatic rings. The number of nitrogens with zero attached hydrogens (tertiary/aromatic N) is 2. The van der Waals surface area contributed by atoms with E-state index in [-0.39, 0.29) is 35.6 Å². The Morgan fingerprint density at radius 3 is 2.12 bits per heavy atom. The quantitative estimate of drug-likeness (QED) is 0.293. The van der Waals surface area contributed by atoms with Crippen molar-refractivity contribution in [1.82, 2.24) is 10.2 Å². The van der Waals surface area contributed by atoms with E-state index >= 15 is 0 Å². The van der Waals surface area contributed by atoms with Crippen molar-refractivity contribution in [3.8, 4) is 0 Å². The molecular weight excluding hydrogens is 581 g/mol. The van der Waals surface area contributed by atoms with Gasteiger partial charge in [0.1, 0.15) is 12.6 Å². The molecule has 0 radical (unpaired) electrons. The van der Waals surface area contributed by atoms with Crippen molar-refractivity contribution in [2.24, 2.45) is 0 Å². The number of rotatable bonds is 11. The molecule has 7 nitrogen and oxygen atoms in total. The van der Waals surface area contributed by atoms with Crippen LogP contribution in [-0.4, -0.2) is 50.0 Å². The monoisotopic (exact) mass is 615 g/mol. The summed E-state index contributed by atoms with van der Waals surface area (Å²) in [6.07, 6.45) is 6.27. The number of carbonyl (C=O) groups excluding carboxylic acids is 2. The van der Waals surface area contributed by atoms with Crippen LogP contribution in [0.3, 0.4) is 0 Å². The Hall–Kier alpha value is -3.07. The molecule has 218 valence electrons. The summed E-state index contributed by atoms with van der Waals surface area (Å²) in [6, 6.07) is 22.2. The minimum Gasteiger partial charge on any atom is -0.352 e. The van der Waals surface area contributed by atoms with Gasteiger partial charge in [-0.25, -0.2) is 8.42 Å². The fourth-order valence-corrected chi connectivity index (χ4v) is 6.50. The third-order valence-corrected chi connectivity index (χ3v) is 9.14. The lowest BCUT2D eigenvalue weighted by molar-refractivity contribution is -0.140. The highest BCUT2D eigenvalue weighted by atomic mass is 35.5. The van der Waals surface area contributed by atoms with Crippen LogP contribution in [0.1, 0.15) is 43.2 Å². The van der Waals surface area contributed by atoms with Crippen LogP contribution in [0.4, 0.5) is 5.69 Å². The first-order valence-corrected chi connectivity index (χ1v) is 16.3. The number of carbonyl (C=O) groups is 2. The van der Waals surface area contributed by atoms with E-state index in [0.29, 0.717) is 10.6 Å². The molecule has 0 spiro atoms. The van der Waals surface area contributed by atoms with Crippen molar-refractivity contribution < 1.29 is 18.0 Å². The van der Waals surface area contributed by atoms with Crippen LogP contribution in [0, 0.1) is 0 Å². The average molecular weight is 617 g/mol. The number of amides is 2. The van der Waals surface area contributed by atoms with E-state index in [4.69, 9.17) is 23.2 Å². The van der Waals surface area contributed by atoms with Gasteiger partial charge in [0.2, 0.25) is 21.8 Å². The highest BCUT2D eigenvalue weighted by Gasteiger charge is 2.34. The predicted molar refractivity (Wildman–Crippen MR) is 165 cm³/mol. The first kappa shape index (κ1) is 30.9. The Kier molecular flexibility index (Phi) is 10.7. The van der Waals surface area contributed by atoms with Gasteiger partial charge < -0.3 is 10.2 Å². The van der Waals surface area contributed by atoms with E-state index in [1.54, 1.807) is 42.5 Å². The molecule has 1 aliphatic carbocycles. The Bertz CT molecular complexity index is 1450. The van der Waals surface area contributed by atoms with Crippen molar-refractivity contribution in [3.05, 3.63) is 100 Å². The van der Waals surface area contributed by atoms with E-state index in [9.17, 15) is 18.0 Å². The summed E-state index contributed by atoms with van der Waals surface area (Å²) in [5, 5.41) is 3.82. The molecule has 2 amide bonds. The third kappa shape index (κ3) is 8.47. The van der Waals surface area contributed by atoms with Gasteiger partial charge in [0, 0.05) is 24.0 Å². The molecule has 3 aromatic carbocycles. The first-order valence-electron chi connectivity index (χ1n) is 13.7. The maximum Gasteiger partial charge on any atom is 0.244 e. The van der Waals surface area contributed by atoms with Crippen molar-refractivity contribution in [3.63, 3.8) is 0 Å². The Balaban J connectivity index is 1.74. The highest BCUT2D eigenvalue weighted by molar-refractivity contribution is 7.92. The normalized spacial score (nSPS) is 14.7. The number of nitrogens with one attached hydrogen (secondary N) is 1. The summed E-state index contributed by atoms with van der Waals surface area (Å²) in [6.45, 7) is -0.511. The number of anilines is 1. The van der Waals surface area contributed by atoms with Gasteiger partial charge >= 0.3 is 0 Å². The number of hydrogen-bond acceptors (Lipinski definition) is 4. The molecule has 0 bridgehead atoms. The first-order chi connectivity index (χ1) is 19.6. The lowest BCUT2D eigenvalue weighted by Crippen LogP contribution is -2.55. The lowest BCUT2D eigenvalue weighted by atomic mass is 9.94. The van der Waals surface area contributed by atoms with Gasteiger partial charge in [-0.3, -0.25) is 13.9 Å². The minimum atomic E-state index is -3.90. The molecule has 1 fully saturated rings. The van der Waals surface area contributed by atoms with Gasteiger partial charge in [-0.1, -0.05) is 103 Å². The van der Waals surface area contributed by atoms with Crippen molar-refractivity contribution in [1.29, 1.82) is 0 Å². The van der Waals surface area contributed by atoms with Crippen molar-refractivity contribution in [2.45, 2.75) is 57.2 Å². The molecule has 0 aliphatic heterocycles. The summed E-state index contributed by atoms with van der Waals surface area (Å²) < 4.78 is 26.8. The smallest absolute Gasteiger partial charge is 0.244 e. The van der Waals surface area contributed by atoms with Crippen LogP contribution < -0.4 is 9.62 Å². The fraction of sp³-hybridized carbons (Fsp3) is 0.355. The van der Waals surface area contributed by atoms with Gasteiger partial charge in [0.15, 0.2) is 0 Å². The molecule has 1 atom stereocenters. The second-order valence-corrected chi connectivity index (χ2v) is 13.1. The largest absolute Gasteiger partial charge is 0.352 e. The predicted octanol–water partition coefficient (Wildman–Crippen LogP) is 5.85. The van der Waals surface area contributed by atoms with Crippen LogP contribution in [0.15, 0.2) is 78.9 Å². The zero-order chi connectivity index (χ0) is 29.4. The summed E-state index contributed by atoms with van der Waals surface area (Å²) in [5.74, 6) is -0.820. The standard InChI is InChI=1S/C31H35Cl2N3O4S/c1-41(39,40)36(28-19-11-10-18-27(28)33)22-30(37)35(21-24-14-8-9-17-26(24)32)29(20-23-12-4-2-5-13-23)31(38)34-25-15-6-3-7-16-25/h2,4-5,8-14,17-19,25,29H,3,6-7,15-16,20-22H2,1H3,(H,34,38). The number of benzene rings is 3. The Labute approximate surface area is 252 Å². The van der Waals surface area contributed by atoms with Gasteiger partial charge in [-0.2, -0.15) is 0 Å². The van der Waals surface area contributed by atoms with Gasteiger partial charge in [0.25, 0.3) is 0 Å². The topological polar surface area (TPSA) is 86.8 Å². The number of sulfonamides is 1. The second-order valence-electron chi connectivity index (χ2n) is 10.4. The average Bonchev–Trinajstić information content (AvgIpc) is 2.95. The molecular formula is C31H35Cl2N3O4S. The van der Waals surface area contributed by atoms with E-state index in [2.05, 4.69) is 5.32 Å². The molecule has 0 saturated heterocycles. The van der Waals surface area contributed by atoms with Crippen LogP contribution >= 0.6 is 23.2 Å². The minimum absolute atomic E-state index is 0.0220. The van der Waals surface area contributed by atoms with Crippen LogP contribution in [0.25, 0.3) is 0 Å². The van der Waals surface area contributed by atoms with E-state index in [0.717, 1.165) is 48.2 Å². The van der Waals surface area contributed by atoms with Gasteiger partial charge in [-0.05, 0) is 42.2 Å². The summed E-state index contributed by atoms with van der Waals surface area (Å²) in [5.41, 5.74) is 1.71. The van der Waals surface area contributed by atoms with Crippen LogP contribution in [0.5, 0.6) is 0 Å². The van der Waals surface area contributed by atoms with Gasteiger partial charge in [0.05, 0.1) is 17.0 Å². The summed E-state index contributed by atoms with van der Waals surface area (Å²) >= 11 is 12.9. The highest BCUT2D eigenvalue weighted by Crippen LogP contribution is 2.28. The molecule has 4 rings (SSSR count). The fourth-order valence-electron chi connectivity index (χ4n) is 5.16. The van der Waals surface area contributed by atoms with Crippen molar-refractivity contribution >= 4 is 50.7 Å². The molecule has 10 heteroatoms. The van der Waals surface area contributed by atoms with Crippen LogP contribution in [-0.2, 0) is 32.6 Å². The zero-order valence-electron chi connectivity index (χ0n) is 23.0. The van der Waals surface area contributed by atoms with Crippen molar-refractivity contribution in [2.75, 3.05) is 17.1 Å². The summed E-state index contributed by atoms with van der Waals surface area (Å²) in [4.78, 5) is 29.6. The Morgan fingerprint density at radius 2 is 1.49 bits per heavy atom. The van der Waals surface area contributed by atoms with E-state index in [1.165, 1.54) is 4.90 Å². The molecule has 3 aromatic rings. The van der Waals surface area contributed by atoms with E-state index in [1.807, 2.05) is 36.4 Å². The maximum absolute atomic E-state index is 14.2. The molecule has 1 unspecified atom stereocenters.